The molecule has 0 aromatic carbocycles. The van der Waals surface area contributed by atoms with E-state index in [0.29, 0.717) is 16.8 Å². The van der Waals surface area contributed by atoms with Crippen molar-refractivity contribution in [1.29, 1.82) is 0 Å². The van der Waals surface area contributed by atoms with E-state index in [4.69, 9.17) is 14.9 Å². The maximum Gasteiger partial charge on any atom is 0.490 e. The third kappa shape index (κ3) is 5.16. The molecule has 0 bridgehead atoms. The molecule has 3 aromatic rings. The average molecular weight is 476 g/mol. The Morgan fingerprint density at radius 2 is 1.82 bits per heavy atom. The fraction of sp³-hybridized carbons (Fsp3) is 0.409. The molecule has 2 aliphatic rings. The zero-order valence-corrected chi connectivity index (χ0v) is 18.1. The fourth-order valence-electron chi connectivity index (χ4n) is 4.33. The van der Waals surface area contributed by atoms with Crippen LogP contribution in [0.3, 0.4) is 0 Å². The van der Waals surface area contributed by atoms with Gasteiger partial charge in [0.25, 0.3) is 0 Å². The number of carboxylic acid groups (broad SMARTS) is 1. The normalized spacial score (nSPS) is 17.4. The lowest BCUT2D eigenvalue weighted by atomic mass is 9.78. The van der Waals surface area contributed by atoms with Gasteiger partial charge in [-0.05, 0) is 43.4 Å². The van der Waals surface area contributed by atoms with Crippen molar-refractivity contribution >= 4 is 22.7 Å². The number of rotatable bonds is 2. The predicted octanol–water partition coefficient (Wildman–Crippen LogP) is 2.54. The second-order valence-electron chi connectivity index (χ2n) is 8.43. The Balaban J connectivity index is 0.000000344. The predicted molar refractivity (Wildman–Crippen MR) is 117 cm³/mol. The molecule has 180 valence electrons. The summed E-state index contributed by atoms with van der Waals surface area (Å²) in [6, 6.07) is 5.62. The smallest absolute Gasteiger partial charge is 0.490 e. The molecular weight excluding hydrogens is 453 g/mol. The summed E-state index contributed by atoms with van der Waals surface area (Å²) in [7, 11) is 0. The topological polar surface area (TPSA) is 118 Å². The fourth-order valence-corrected chi connectivity index (χ4v) is 4.33. The summed E-state index contributed by atoms with van der Waals surface area (Å²) < 4.78 is 32.5. The first-order valence-corrected chi connectivity index (χ1v) is 10.7. The number of nitrogens with zero attached hydrogens (tertiary/aromatic N) is 5. The van der Waals surface area contributed by atoms with Crippen molar-refractivity contribution in [1.82, 2.24) is 20.3 Å². The van der Waals surface area contributed by atoms with Gasteiger partial charge in [-0.3, -0.25) is 4.98 Å². The van der Waals surface area contributed by atoms with E-state index in [-0.39, 0.29) is 0 Å². The van der Waals surface area contributed by atoms with Gasteiger partial charge in [-0.2, -0.15) is 17.9 Å². The molecule has 12 heteroatoms. The maximum absolute atomic E-state index is 11.8. The van der Waals surface area contributed by atoms with Crippen molar-refractivity contribution in [3.63, 3.8) is 0 Å². The van der Waals surface area contributed by atoms with Crippen molar-refractivity contribution in [2.75, 3.05) is 31.1 Å². The molecule has 5 heterocycles. The molecule has 0 aliphatic carbocycles. The first-order valence-electron chi connectivity index (χ1n) is 10.7. The number of nitrogens with one attached hydrogen (secondary N) is 1. The van der Waals surface area contributed by atoms with Gasteiger partial charge in [0.05, 0.1) is 5.39 Å². The Morgan fingerprint density at radius 3 is 2.41 bits per heavy atom. The molecule has 1 spiro atoms. The summed E-state index contributed by atoms with van der Waals surface area (Å²) >= 11 is 0. The zero-order valence-electron chi connectivity index (χ0n) is 18.1. The Morgan fingerprint density at radius 1 is 1.15 bits per heavy atom. The molecule has 2 fully saturated rings. The maximum atomic E-state index is 11.8. The molecule has 34 heavy (non-hydrogen) atoms. The van der Waals surface area contributed by atoms with E-state index in [1.807, 2.05) is 18.2 Å². The van der Waals surface area contributed by atoms with Crippen LogP contribution in [-0.2, 0) is 4.79 Å². The van der Waals surface area contributed by atoms with Crippen LogP contribution in [0.2, 0.25) is 0 Å². The highest BCUT2D eigenvalue weighted by Crippen LogP contribution is 2.39. The second kappa shape index (κ2) is 9.37. The largest absolute Gasteiger partial charge is 0.619 e. The molecule has 2 saturated heterocycles. The van der Waals surface area contributed by atoms with Gasteiger partial charge < -0.3 is 20.5 Å². The van der Waals surface area contributed by atoms with Crippen LogP contribution in [0.5, 0.6) is 0 Å². The monoisotopic (exact) mass is 476 g/mol. The van der Waals surface area contributed by atoms with Gasteiger partial charge in [0.15, 0.2) is 12.0 Å². The number of halogens is 3. The highest BCUT2D eigenvalue weighted by molar-refractivity contribution is 5.90. The molecule has 0 unspecified atom stereocenters. The van der Waals surface area contributed by atoms with Gasteiger partial charge in [0.2, 0.25) is 6.20 Å². The highest BCUT2D eigenvalue weighted by Gasteiger charge is 2.38. The minimum absolute atomic E-state index is 0.450. The minimum Gasteiger partial charge on any atom is -0.619 e. The number of hydrogen-bond donors (Lipinski definition) is 2. The van der Waals surface area contributed by atoms with E-state index in [0.717, 1.165) is 47.7 Å². The van der Waals surface area contributed by atoms with Crippen molar-refractivity contribution in [2.45, 2.75) is 25.4 Å². The lowest BCUT2D eigenvalue weighted by molar-refractivity contribution is -0.604. The number of anilines is 1. The summed E-state index contributed by atoms with van der Waals surface area (Å²) in [6.07, 6.45) is 5.04. The molecule has 0 amide bonds. The number of carboxylic acids is 1. The summed E-state index contributed by atoms with van der Waals surface area (Å²) in [6.45, 7) is 4.22. The van der Waals surface area contributed by atoms with Crippen LogP contribution < -0.4 is 14.9 Å². The van der Waals surface area contributed by atoms with Crippen LogP contribution in [0.1, 0.15) is 19.3 Å². The van der Waals surface area contributed by atoms with Gasteiger partial charge in [0, 0.05) is 43.7 Å². The lowest BCUT2D eigenvalue weighted by Gasteiger charge is -2.39. The number of alkyl halides is 3. The summed E-state index contributed by atoms with van der Waals surface area (Å²) in [5.41, 5.74) is 2.03. The Kier molecular flexibility index (Phi) is 6.51. The molecule has 5 rings (SSSR count). The van der Waals surface area contributed by atoms with Crippen LogP contribution in [-0.4, -0.2) is 58.4 Å². The molecule has 3 aromatic heterocycles. The van der Waals surface area contributed by atoms with Gasteiger partial charge in [0.1, 0.15) is 11.3 Å². The van der Waals surface area contributed by atoms with E-state index in [9.17, 15) is 18.4 Å². The zero-order chi connectivity index (χ0) is 24.3. The van der Waals surface area contributed by atoms with E-state index >= 15 is 0 Å². The van der Waals surface area contributed by atoms with E-state index in [2.05, 4.69) is 20.2 Å². The van der Waals surface area contributed by atoms with Crippen LogP contribution in [0.25, 0.3) is 22.3 Å². The van der Waals surface area contributed by atoms with Crippen molar-refractivity contribution in [3.8, 4) is 11.4 Å². The van der Waals surface area contributed by atoms with Gasteiger partial charge in [-0.15, -0.1) is 0 Å². The second-order valence-corrected chi connectivity index (χ2v) is 8.43. The number of aliphatic carboxylic acids is 1. The van der Waals surface area contributed by atoms with Crippen LogP contribution in [0.4, 0.5) is 19.0 Å². The van der Waals surface area contributed by atoms with Crippen LogP contribution in [0.15, 0.2) is 43.0 Å². The third-order valence-electron chi connectivity index (χ3n) is 6.23. The summed E-state index contributed by atoms with van der Waals surface area (Å²) in [4.78, 5) is 24.9. The SMILES string of the molecule is O=C(O)C(F)(F)F.[O-][n+]1ccc2c(N3CCC4(CCNC4)CC3)nc(-c3ccncc3)nc2c1. The highest BCUT2D eigenvalue weighted by atomic mass is 19.4. The molecule has 0 atom stereocenters. The third-order valence-corrected chi connectivity index (χ3v) is 6.23. The number of fused-ring (bicyclic) bond motifs is 1. The van der Waals surface area contributed by atoms with Gasteiger partial charge >= 0.3 is 12.1 Å². The number of hydrogen-bond acceptors (Lipinski definition) is 7. The van der Waals surface area contributed by atoms with Crippen molar-refractivity contribution in [2.24, 2.45) is 5.41 Å². The molecular formula is C22H23F3N6O3. The number of aromatic nitrogens is 4. The first kappa shape index (κ1) is 23.6. The number of pyridine rings is 2. The van der Waals surface area contributed by atoms with Gasteiger partial charge in [-0.1, -0.05) is 0 Å². The molecule has 9 nitrogen and oxygen atoms in total. The van der Waals surface area contributed by atoms with Crippen LogP contribution >= 0.6 is 0 Å². The van der Waals surface area contributed by atoms with Crippen LogP contribution in [0, 0.1) is 10.6 Å². The lowest BCUT2D eigenvalue weighted by Crippen LogP contribution is -2.41. The molecule has 0 saturated carbocycles. The molecule has 2 N–H and O–H groups in total. The quantitative estimate of drug-likeness (QED) is 0.428. The van der Waals surface area contributed by atoms with E-state index in [1.165, 1.54) is 31.7 Å². The van der Waals surface area contributed by atoms with Crippen molar-refractivity contribution < 1.29 is 27.8 Å². The Hall–Kier alpha value is -3.54. The average Bonchev–Trinajstić information content (AvgIpc) is 3.27. The first-order chi connectivity index (χ1) is 16.2. The summed E-state index contributed by atoms with van der Waals surface area (Å²) in [5, 5.41) is 23.4. The standard InChI is InChI=1S/C20H22N6O.C2HF3O2/c27-26-10-3-16-17(13-26)23-18(15-1-7-21-8-2-15)24-19(16)25-11-5-20(6-12-25)4-9-22-14-20;3-2(4,5)1(6)7/h1-3,7-8,10,13,22H,4-6,9,11-12,14H2;(H,6,7). The number of carbonyl (C=O) groups is 1. The Bertz CT molecular complexity index is 1160. The summed E-state index contributed by atoms with van der Waals surface area (Å²) in [5.74, 6) is -1.20. The van der Waals surface area contributed by atoms with E-state index < -0.39 is 12.1 Å². The Labute approximate surface area is 192 Å². The molecule has 2 aliphatic heterocycles. The number of piperidine rings is 1. The van der Waals surface area contributed by atoms with E-state index in [1.54, 1.807) is 12.4 Å². The molecule has 0 radical (unpaired) electrons. The van der Waals surface area contributed by atoms with Crippen molar-refractivity contribution in [3.05, 3.63) is 48.2 Å². The minimum atomic E-state index is -5.08. The van der Waals surface area contributed by atoms with Gasteiger partial charge in [-0.25, -0.2) is 14.8 Å².